The summed E-state index contributed by atoms with van der Waals surface area (Å²) in [4.78, 5) is 5.42. The van der Waals surface area contributed by atoms with E-state index in [9.17, 15) is 0 Å². The minimum atomic E-state index is 0.589. The molecule has 7 heteroatoms. The molecule has 0 amide bonds. The summed E-state index contributed by atoms with van der Waals surface area (Å²) in [5.41, 5.74) is 3.17. The summed E-state index contributed by atoms with van der Waals surface area (Å²) >= 11 is 1.55. The Balaban J connectivity index is 1.59. The molecule has 0 unspecified atom stereocenters. The van der Waals surface area contributed by atoms with Crippen LogP contribution < -0.4 is 0 Å². The van der Waals surface area contributed by atoms with Crippen molar-refractivity contribution in [1.29, 1.82) is 0 Å². The molecule has 0 aliphatic heterocycles. The molecule has 0 radical (unpaired) electrons. The Morgan fingerprint density at radius 2 is 1.76 bits per heavy atom. The van der Waals surface area contributed by atoms with Gasteiger partial charge in [-0.3, -0.25) is 0 Å². The van der Waals surface area contributed by atoms with Gasteiger partial charge in [-0.2, -0.15) is 9.61 Å². The summed E-state index contributed by atoms with van der Waals surface area (Å²) in [6.45, 7) is 2.60. The summed E-state index contributed by atoms with van der Waals surface area (Å²) in [7, 11) is 0. The first-order chi connectivity index (χ1) is 12.3. The fraction of sp³-hybridized carbons (Fsp3) is 0.111. The van der Waals surface area contributed by atoms with Crippen LogP contribution in [0.5, 0.6) is 0 Å². The number of hydrogen-bond donors (Lipinski definition) is 0. The number of fused-ring (bicyclic) bond motifs is 2. The molecule has 0 aliphatic rings. The van der Waals surface area contributed by atoms with Gasteiger partial charge in [-0.25, -0.2) is 4.98 Å². The van der Waals surface area contributed by atoms with Crippen LogP contribution in [0.15, 0.2) is 54.6 Å². The van der Waals surface area contributed by atoms with Crippen LogP contribution in [0, 0.1) is 6.92 Å². The van der Waals surface area contributed by atoms with E-state index in [-0.39, 0.29) is 0 Å². The van der Waals surface area contributed by atoms with Crippen molar-refractivity contribution in [3.05, 3.63) is 66.2 Å². The smallest absolute Gasteiger partial charge is 0.235 e. The van der Waals surface area contributed by atoms with Crippen LogP contribution in [0.4, 0.5) is 0 Å². The highest BCUT2D eigenvalue weighted by molar-refractivity contribution is 7.19. The Kier molecular flexibility index (Phi) is 3.14. The molecule has 5 aromatic rings. The number of aromatic nitrogens is 6. The second-order valence-electron chi connectivity index (χ2n) is 5.82. The zero-order valence-corrected chi connectivity index (χ0v) is 14.3. The average molecular weight is 346 g/mol. The molecule has 122 valence electrons. The number of aryl methyl sites for hydroxylation is 1. The molecule has 5 rings (SSSR count). The zero-order chi connectivity index (χ0) is 16.8. The van der Waals surface area contributed by atoms with Gasteiger partial charge in [0.15, 0.2) is 5.82 Å². The summed E-state index contributed by atoms with van der Waals surface area (Å²) in [5, 5.41) is 14.3. The minimum absolute atomic E-state index is 0.589. The van der Waals surface area contributed by atoms with E-state index in [4.69, 9.17) is 5.10 Å². The van der Waals surface area contributed by atoms with Gasteiger partial charge >= 0.3 is 0 Å². The van der Waals surface area contributed by atoms with E-state index in [2.05, 4.69) is 37.9 Å². The average Bonchev–Trinajstić information content (AvgIpc) is 3.30. The van der Waals surface area contributed by atoms with Gasteiger partial charge in [0.05, 0.1) is 17.6 Å². The number of rotatable bonds is 3. The highest BCUT2D eigenvalue weighted by atomic mass is 32.1. The Morgan fingerprint density at radius 3 is 2.64 bits per heavy atom. The molecule has 0 atom stereocenters. The molecule has 0 saturated carbocycles. The van der Waals surface area contributed by atoms with Gasteiger partial charge < -0.3 is 4.57 Å². The van der Waals surface area contributed by atoms with Crippen molar-refractivity contribution in [3.63, 3.8) is 0 Å². The van der Waals surface area contributed by atoms with E-state index >= 15 is 0 Å². The number of hydrogen-bond acceptors (Lipinski definition) is 5. The summed E-state index contributed by atoms with van der Waals surface area (Å²) < 4.78 is 3.98. The van der Waals surface area contributed by atoms with E-state index in [0.29, 0.717) is 6.54 Å². The van der Waals surface area contributed by atoms with Crippen LogP contribution in [0.1, 0.15) is 11.6 Å². The Morgan fingerprint density at radius 1 is 0.960 bits per heavy atom. The highest BCUT2D eigenvalue weighted by Gasteiger charge is 2.15. The Labute approximate surface area is 147 Å². The fourth-order valence-electron chi connectivity index (χ4n) is 2.99. The van der Waals surface area contributed by atoms with Gasteiger partial charge in [0, 0.05) is 5.56 Å². The van der Waals surface area contributed by atoms with E-state index in [1.165, 1.54) is 0 Å². The lowest BCUT2D eigenvalue weighted by molar-refractivity contribution is 0.707. The first kappa shape index (κ1) is 14.3. The lowest BCUT2D eigenvalue weighted by atomic mass is 10.2. The van der Waals surface area contributed by atoms with Gasteiger partial charge in [0.1, 0.15) is 10.8 Å². The summed E-state index contributed by atoms with van der Waals surface area (Å²) in [5.74, 6) is 1.76. The third kappa shape index (κ3) is 2.32. The number of nitrogens with zero attached hydrogens (tertiary/aromatic N) is 6. The molecule has 0 bridgehead atoms. The predicted molar refractivity (Wildman–Crippen MR) is 97.7 cm³/mol. The first-order valence-electron chi connectivity index (χ1n) is 7.98. The monoisotopic (exact) mass is 346 g/mol. The van der Waals surface area contributed by atoms with Crippen LogP contribution >= 0.6 is 11.3 Å². The van der Waals surface area contributed by atoms with Crippen LogP contribution in [0.2, 0.25) is 0 Å². The lowest BCUT2D eigenvalue weighted by Crippen LogP contribution is -2.06. The SMILES string of the molecule is Cc1nc2ccccc2n1Cc1nnc2sc(-c3ccccc3)nn12. The molecule has 0 N–H and O–H groups in total. The minimum Gasteiger partial charge on any atom is -0.320 e. The first-order valence-corrected chi connectivity index (χ1v) is 8.80. The molecule has 3 heterocycles. The maximum atomic E-state index is 4.71. The molecule has 25 heavy (non-hydrogen) atoms. The standard InChI is InChI=1S/C18H14N6S/c1-12-19-14-9-5-6-10-15(14)23(12)11-16-20-21-18-24(16)22-17(25-18)13-7-3-2-4-8-13/h2-10H,11H2,1H3. The molecule has 0 fully saturated rings. The maximum Gasteiger partial charge on any atom is 0.235 e. The van der Waals surface area contributed by atoms with Gasteiger partial charge in [-0.1, -0.05) is 53.8 Å². The van der Waals surface area contributed by atoms with Crippen molar-refractivity contribution in [2.75, 3.05) is 0 Å². The zero-order valence-electron chi connectivity index (χ0n) is 13.5. The molecule has 0 saturated heterocycles. The second kappa shape index (κ2) is 5.49. The molecule has 6 nitrogen and oxygen atoms in total. The molecule has 2 aromatic carbocycles. The molecule has 3 aromatic heterocycles. The van der Waals surface area contributed by atoms with Gasteiger partial charge in [0.2, 0.25) is 4.96 Å². The van der Waals surface area contributed by atoms with Crippen LogP contribution in [0.3, 0.4) is 0 Å². The molecular formula is C18H14N6S. The summed E-state index contributed by atoms with van der Waals surface area (Å²) in [6.07, 6.45) is 0. The van der Waals surface area contributed by atoms with Crippen LogP contribution in [-0.2, 0) is 6.54 Å². The van der Waals surface area contributed by atoms with Crippen LogP contribution in [0.25, 0.3) is 26.6 Å². The Bertz CT molecular complexity index is 1180. The number of para-hydroxylation sites is 2. The van der Waals surface area contributed by atoms with E-state index < -0.39 is 0 Å². The quantitative estimate of drug-likeness (QED) is 0.501. The Hall–Kier alpha value is -3.06. The van der Waals surface area contributed by atoms with Crippen molar-refractivity contribution in [1.82, 2.24) is 29.4 Å². The van der Waals surface area contributed by atoms with Gasteiger partial charge in [-0.15, -0.1) is 10.2 Å². The number of imidazole rings is 1. The van der Waals surface area contributed by atoms with E-state index in [1.54, 1.807) is 11.3 Å². The lowest BCUT2D eigenvalue weighted by Gasteiger charge is -2.04. The predicted octanol–water partition coefficient (Wildman–Crippen LogP) is 3.56. The van der Waals surface area contributed by atoms with E-state index in [1.807, 2.05) is 47.8 Å². The van der Waals surface area contributed by atoms with Crippen molar-refractivity contribution in [3.8, 4) is 10.6 Å². The summed E-state index contributed by atoms with van der Waals surface area (Å²) in [6, 6.07) is 18.3. The third-order valence-corrected chi connectivity index (χ3v) is 5.17. The van der Waals surface area contributed by atoms with Crippen LogP contribution in [-0.4, -0.2) is 29.4 Å². The third-order valence-electron chi connectivity index (χ3n) is 4.22. The fourth-order valence-corrected chi connectivity index (χ4v) is 3.85. The molecule has 0 aliphatic carbocycles. The van der Waals surface area contributed by atoms with Crippen molar-refractivity contribution < 1.29 is 0 Å². The van der Waals surface area contributed by atoms with E-state index in [0.717, 1.165) is 38.2 Å². The normalized spacial score (nSPS) is 11.6. The van der Waals surface area contributed by atoms with Gasteiger partial charge in [0.25, 0.3) is 0 Å². The maximum absolute atomic E-state index is 4.71. The second-order valence-corrected chi connectivity index (χ2v) is 6.77. The van der Waals surface area contributed by atoms with Crippen molar-refractivity contribution in [2.45, 2.75) is 13.5 Å². The van der Waals surface area contributed by atoms with Crippen molar-refractivity contribution >= 4 is 27.3 Å². The topological polar surface area (TPSA) is 60.9 Å². The molecule has 0 spiro atoms. The van der Waals surface area contributed by atoms with Crippen molar-refractivity contribution in [2.24, 2.45) is 0 Å². The number of benzene rings is 2. The highest BCUT2D eigenvalue weighted by Crippen LogP contribution is 2.25. The molecular weight excluding hydrogens is 332 g/mol. The largest absolute Gasteiger partial charge is 0.320 e. The van der Waals surface area contributed by atoms with Gasteiger partial charge in [-0.05, 0) is 19.1 Å².